The largest absolute Gasteiger partial charge is 0.507 e. The van der Waals surface area contributed by atoms with Crippen molar-refractivity contribution >= 4 is 40.2 Å². The van der Waals surface area contributed by atoms with Gasteiger partial charge in [-0.05, 0) is 46.7 Å². The van der Waals surface area contributed by atoms with Crippen molar-refractivity contribution in [3.63, 3.8) is 0 Å². The summed E-state index contributed by atoms with van der Waals surface area (Å²) in [6.07, 6.45) is 0. The molecule has 1 aliphatic heterocycles. The Morgan fingerprint density at radius 2 is 1.58 bits per heavy atom. The van der Waals surface area contributed by atoms with Gasteiger partial charge in [0.2, 0.25) is 5.91 Å². The summed E-state index contributed by atoms with van der Waals surface area (Å²) in [7, 11) is 0. The van der Waals surface area contributed by atoms with Gasteiger partial charge >= 0.3 is 0 Å². The summed E-state index contributed by atoms with van der Waals surface area (Å²) in [5.74, 6) is 0.296. The van der Waals surface area contributed by atoms with Crippen molar-refractivity contribution < 1.29 is 14.7 Å². The van der Waals surface area contributed by atoms with Gasteiger partial charge in [0, 0.05) is 41.4 Å². The molecule has 6 nitrogen and oxygen atoms in total. The molecule has 3 N–H and O–H groups in total. The van der Waals surface area contributed by atoms with Gasteiger partial charge in [-0.25, -0.2) is 0 Å². The number of carbonyl (C=O) groups excluding carboxylic acids is 2. The first-order valence-electron chi connectivity index (χ1n) is 10.8. The molecular formula is C26H34BrN3O3. The van der Waals surface area contributed by atoms with Gasteiger partial charge in [-0.2, -0.15) is 0 Å². The lowest BCUT2D eigenvalue weighted by atomic mass is 9.78. The number of nitrogens with zero attached hydrogens (tertiary/aromatic N) is 1. The molecule has 2 aromatic carbocycles. The van der Waals surface area contributed by atoms with E-state index in [1.165, 1.54) is 6.92 Å². The van der Waals surface area contributed by atoms with E-state index >= 15 is 0 Å². The van der Waals surface area contributed by atoms with Crippen LogP contribution < -0.4 is 5.32 Å². The molecule has 0 bridgehead atoms. The molecule has 7 heteroatoms. The van der Waals surface area contributed by atoms with Crippen LogP contribution in [0.1, 0.15) is 81.1 Å². The van der Waals surface area contributed by atoms with Crippen LogP contribution in [0.15, 0.2) is 30.3 Å². The van der Waals surface area contributed by atoms with E-state index in [4.69, 9.17) is 5.41 Å². The average Bonchev–Trinajstić information content (AvgIpc) is 2.94. The maximum Gasteiger partial charge on any atom is 0.221 e. The number of phenolic OH excluding ortho intramolecular Hbond substituents is 1. The first kappa shape index (κ1) is 26.6. The van der Waals surface area contributed by atoms with Gasteiger partial charge in [0.15, 0.2) is 5.78 Å². The first-order chi connectivity index (χ1) is 14.7. The topological polar surface area (TPSA) is 93.5 Å². The lowest BCUT2D eigenvalue weighted by Gasteiger charge is -2.28. The highest BCUT2D eigenvalue weighted by atomic mass is 79.9. The molecule has 0 spiro atoms. The van der Waals surface area contributed by atoms with E-state index in [0.717, 1.165) is 22.3 Å². The zero-order valence-corrected chi connectivity index (χ0v) is 22.1. The fourth-order valence-electron chi connectivity index (χ4n) is 4.03. The number of hydrogen-bond acceptors (Lipinski definition) is 4. The molecule has 0 saturated carbocycles. The number of Topliss-reactive ketones (excluding diaryl/α,β-unsaturated/α-hetero) is 1. The number of nitrogens with one attached hydrogen (secondary N) is 2. The number of amides is 1. The minimum Gasteiger partial charge on any atom is -0.507 e. The summed E-state index contributed by atoms with van der Waals surface area (Å²) in [5, 5.41) is 22.2. The van der Waals surface area contributed by atoms with Crippen molar-refractivity contribution in [3.8, 4) is 5.75 Å². The molecule has 0 aromatic heterocycles. The molecule has 33 heavy (non-hydrogen) atoms. The third kappa shape index (κ3) is 5.64. The molecule has 0 atom stereocenters. The quantitative estimate of drug-likeness (QED) is 0.465. The number of anilines is 1. The van der Waals surface area contributed by atoms with Crippen LogP contribution in [0.3, 0.4) is 0 Å². The Labute approximate surface area is 206 Å². The summed E-state index contributed by atoms with van der Waals surface area (Å²) in [5.41, 5.74) is 3.74. The molecule has 3 rings (SSSR count). The Balaban J connectivity index is 0.00000385. The first-order valence-corrected chi connectivity index (χ1v) is 10.8. The summed E-state index contributed by atoms with van der Waals surface area (Å²) in [6.45, 7) is 14.1. The fourth-order valence-corrected chi connectivity index (χ4v) is 4.03. The number of aromatic hydroxyl groups is 1. The van der Waals surface area contributed by atoms with Gasteiger partial charge in [-0.1, -0.05) is 41.5 Å². The van der Waals surface area contributed by atoms with Crippen LogP contribution in [-0.4, -0.2) is 34.1 Å². The molecule has 0 saturated heterocycles. The summed E-state index contributed by atoms with van der Waals surface area (Å²) in [6, 6.07) is 9.00. The van der Waals surface area contributed by atoms with Crippen LogP contribution in [-0.2, 0) is 22.2 Å². The monoisotopic (exact) mass is 515 g/mol. The highest BCUT2D eigenvalue weighted by Crippen LogP contribution is 2.40. The van der Waals surface area contributed by atoms with Crippen molar-refractivity contribution in [2.45, 2.75) is 65.8 Å². The van der Waals surface area contributed by atoms with Crippen LogP contribution in [0.2, 0.25) is 0 Å². The van der Waals surface area contributed by atoms with Crippen LogP contribution in [0.4, 0.5) is 5.69 Å². The van der Waals surface area contributed by atoms with E-state index < -0.39 is 0 Å². The number of amidine groups is 1. The predicted molar refractivity (Wildman–Crippen MR) is 138 cm³/mol. The van der Waals surface area contributed by atoms with Gasteiger partial charge in [0.05, 0.1) is 6.54 Å². The molecule has 0 radical (unpaired) electrons. The SMILES string of the molecule is Br.CC(=O)Nc1ccc2c(c1)CN(CC(=O)c1cc(C(C)(C)C)c(O)c(C(C)(C)C)c1)C2=N. The fraction of sp³-hybridized carbons (Fsp3) is 0.423. The Bertz CT molecular complexity index is 1080. The summed E-state index contributed by atoms with van der Waals surface area (Å²) in [4.78, 5) is 26.4. The normalized spacial score (nSPS) is 13.4. The number of fused-ring (bicyclic) bond motifs is 1. The smallest absolute Gasteiger partial charge is 0.221 e. The number of halogens is 1. The van der Waals surface area contributed by atoms with Gasteiger partial charge in [0.25, 0.3) is 0 Å². The maximum atomic E-state index is 13.3. The van der Waals surface area contributed by atoms with E-state index in [1.54, 1.807) is 23.1 Å². The minimum atomic E-state index is -0.322. The van der Waals surface area contributed by atoms with E-state index in [2.05, 4.69) is 5.32 Å². The number of carbonyl (C=O) groups is 2. The maximum absolute atomic E-state index is 13.3. The lowest BCUT2D eigenvalue weighted by Crippen LogP contribution is -2.30. The van der Waals surface area contributed by atoms with Crippen molar-refractivity contribution in [1.29, 1.82) is 5.41 Å². The van der Waals surface area contributed by atoms with E-state index in [1.807, 2.05) is 53.7 Å². The predicted octanol–water partition coefficient (Wildman–Crippen LogP) is 5.55. The van der Waals surface area contributed by atoms with Crippen LogP contribution in [0, 0.1) is 5.41 Å². The molecule has 178 valence electrons. The lowest BCUT2D eigenvalue weighted by molar-refractivity contribution is -0.114. The number of hydrogen-bond donors (Lipinski definition) is 3. The summed E-state index contributed by atoms with van der Waals surface area (Å²) >= 11 is 0. The molecule has 1 amide bonds. The number of benzene rings is 2. The van der Waals surface area contributed by atoms with E-state index in [9.17, 15) is 14.7 Å². The second-order valence-corrected chi connectivity index (χ2v) is 10.6. The number of rotatable bonds is 4. The molecule has 1 aliphatic rings. The highest BCUT2D eigenvalue weighted by molar-refractivity contribution is 8.93. The molecule has 0 fully saturated rings. The standard InChI is InChI=1S/C26H33N3O3.BrH/c1-15(30)28-18-8-9-19-17(10-18)13-29(24(19)27)14-22(31)16-11-20(25(2,3)4)23(32)21(12-16)26(5,6)7;/h8-12,27,32H,13-14H2,1-7H3,(H,28,30);1H. The molecule has 2 aromatic rings. The second-order valence-electron chi connectivity index (χ2n) is 10.6. The third-order valence-electron chi connectivity index (χ3n) is 5.74. The van der Waals surface area contributed by atoms with Crippen molar-refractivity contribution in [2.75, 3.05) is 11.9 Å². The van der Waals surface area contributed by atoms with Crippen molar-refractivity contribution in [3.05, 3.63) is 58.1 Å². The zero-order valence-electron chi connectivity index (χ0n) is 20.4. The third-order valence-corrected chi connectivity index (χ3v) is 5.74. The Morgan fingerprint density at radius 3 is 2.06 bits per heavy atom. The van der Waals surface area contributed by atoms with Crippen LogP contribution in [0.5, 0.6) is 5.75 Å². The van der Waals surface area contributed by atoms with Gasteiger partial charge < -0.3 is 15.3 Å². The van der Waals surface area contributed by atoms with Gasteiger partial charge in [-0.15, -0.1) is 17.0 Å². The second kappa shape index (κ2) is 9.29. The number of ketones is 1. The Kier molecular flexibility index (Phi) is 7.49. The Hall–Kier alpha value is -2.67. The average molecular weight is 516 g/mol. The summed E-state index contributed by atoms with van der Waals surface area (Å²) < 4.78 is 0. The van der Waals surface area contributed by atoms with Gasteiger partial charge in [-0.3, -0.25) is 15.0 Å². The highest BCUT2D eigenvalue weighted by Gasteiger charge is 2.30. The molecule has 0 unspecified atom stereocenters. The molecule has 0 aliphatic carbocycles. The Morgan fingerprint density at radius 1 is 1.03 bits per heavy atom. The van der Waals surface area contributed by atoms with E-state index in [-0.39, 0.29) is 51.8 Å². The van der Waals surface area contributed by atoms with Crippen LogP contribution >= 0.6 is 17.0 Å². The molecule has 1 heterocycles. The number of phenols is 1. The molecular weight excluding hydrogens is 482 g/mol. The minimum absolute atomic E-state index is 0. The zero-order chi connectivity index (χ0) is 24.0. The van der Waals surface area contributed by atoms with Crippen LogP contribution in [0.25, 0.3) is 0 Å². The van der Waals surface area contributed by atoms with Gasteiger partial charge in [0.1, 0.15) is 11.6 Å². The van der Waals surface area contributed by atoms with E-state index in [0.29, 0.717) is 23.6 Å². The van der Waals surface area contributed by atoms with Crippen molar-refractivity contribution in [2.24, 2.45) is 0 Å². The van der Waals surface area contributed by atoms with Crippen molar-refractivity contribution in [1.82, 2.24) is 4.90 Å².